The molecule has 0 aliphatic carbocycles. The molecule has 5 heteroatoms. The molecule has 0 radical (unpaired) electrons. The molecule has 0 bridgehead atoms. The first-order valence-electron chi connectivity index (χ1n) is 5.90. The Bertz CT molecular complexity index is 514. The highest BCUT2D eigenvalue weighted by molar-refractivity contribution is 5.88. The fraction of sp³-hybridized carbons (Fsp3) is 0.417. The molecule has 90 valence electrons. The van der Waals surface area contributed by atoms with E-state index in [4.69, 9.17) is 10.5 Å². The third-order valence-corrected chi connectivity index (χ3v) is 3.15. The predicted octanol–water partition coefficient (Wildman–Crippen LogP) is 1.37. The minimum absolute atomic E-state index is 0.764. The molecule has 1 aliphatic heterocycles. The van der Waals surface area contributed by atoms with Crippen LogP contribution in [0.15, 0.2) is 18.3 Å². The Morgan fingerprint density at radius 1 is 1.29 bits per heavy atom. The molecule has 1 aliphatic rings. The summed E-state index contributed by atoms with van der Waals surface area (Å²) in [5.74, 6) is 0. The van der Waals surface area contributed by atoms with Gasteiger partial charge in [0.25, 0.3) is 0 Å². The van der Waals surface area contributed by atoms with Crippen LogP contribution in [-0.2, 0) is 4.74 Å². The first-order valence-corrected chi connectivity index (χ1v) is 5.90. The van der Waals surface area contributed by atoms with Crippen LogP contribution in [0.1, 0.15) is 6.42 Å². The van der Waals surface area contributed by atoms with Gasteiger partial charge in [0.15, 0.2) is 0 Å². The van der Waals surface area contributed by atoms with Gasteiger partial charge in [0, 0.05) is 25.1 Å². The fourth-order valence-electron chi connectivity index (χ4n) is 2.26. The summed E-state index contributed by atoms with van der Waals surface area (Å²) < 4.78 is 5.46. The molecular formula is C12H16N4O. The standard InChI is InChI=1S/C12H16N4O/c13-10-6-9-8-14-15-11(9)7-12(10)16-2-1-4-17-5-3-16/h6-8H,1-5,13H2,(H,14,15). The lowest BCUT2D eigenvalue weighted by atomic mass is 10.2. The maximum absolute atomic E-state index is 6.10. The number of aromatic nitrogens is 2. The van der Waals surface area contributed by atoms with Crippen LogP contribution in [-0.4, -0.2) is 36.5 Å². The molecule has 1 saturated heterocycles. The van der Waals surface area contributed by atoms with Crippen molar-refractivity contribution in [3.05, 3.63) is 18.3 Å². The van der Waals surface area contributed by atoms with Crippen LogP contribution in [0.2, 0.25) is 0 Å². The smallest absolute Gasteiger partial charge is 0.0672 e. The zero-order valence-corrected chi connectivity index (χ0v) is 9.65. The third kappa shape index (κ3) is 1.93. The van der Waals surface area contributed by atoms with Crippen molar-refractivity contribution in [2.75, 3.05) is 36.9 Å². The van der Waals surface area contributed by atoms with Crippen LogP contribution < -0.4 is 10.6 Å². The second-order valence-corrected chi connectivity index (χ2v) is 4.32. The number of nitrogens with zero attached hydrogens (tertiary/aromatic N) is 2. The Morgan fingerprint density at radius 2 is 2.24 bits per heavy atom. The molecule has 0 amide bonds. The van der Waals surface area contributed by atoms with Gasteiger partial charge in [-0.15, -0.1) is 0 Å². The van der Waals surface area contributed by atoms with Gasteiger partial charge in [0.1, 0.15) is 0 Å². The Kier molecular flexibility index (Phi) is 2.60. The van der Waals surface area contributed by atoms with E-state index in [0.717, 1.165) is 55.0 Å². The Balaban J connectivity index is 1.99. The Labute approximate surface area is 99.5 Å². The van der Waals surface area contributed by atoms with Crippen LogP contribution in [0, 0.1) is 0 Å². The number of hydrogen-bond donors (Lipinski definition) is 2. The first-order chi connectivity index (χ1) is 8.34. The number of aromatic amines is 1. The van der Waals surface area contributed by atoms with Gasteiger partial charge in [-0.05, 0) is 18.6 Å². The fourth-order valence-corrected chi connectivity index (χ4v) is 2.26. The number of benzene rings is 1. The van der Waals surface area contributed by atoms with E-state index in [-0.39, 0.29) is 0 Å². The molecule has 0 unspecified atom stereocenters. The summed E-state index contributed by atoms with van der Waals surface area (Å²) in [6.07, 6.45) is 2.83. The minimum Gasteiger partial charge on any atom is -0.397 e. The quantitative estimate of drug-likeness (QED) is 0.729. The van der Waals surface area contributed by atoms with Gasteiger partial charge < -0.3 is 15.4 Å². The monoisotopic (exact) mass is 232 g/mol. The highest BCUT2D eigenvalue weighted by atomic mass is 16.5. The topological polar surface area (TPSA) is 67.2 Å². The van der Waals surface area contributed by atoms with Crippen LogP contribution in [0.4, 0.5) is 11.4 Å². The highest BCUT2D eigenvalue weighted by Crippen LogP contribution is 2.28. The maximum atomic E-state index is 6.10. The lowest BCUT2D eigenvalue weighted by Gasteiger charge is -2.23. The summed E-state index contributed by atoms with van der Waals surface area (Å²) in [5.41, 5.74) is 9.01. The average molecular weight is 232 g/mol. The average Bonchev–Trinajstić information content (AvgIpc) is 2.62. The first kappa shape index (κ1) is 10.4. The van der Waals surface area contributed by atoms with E-state index in [1.54, 1.807) is 6.20 Å². The molecule has 0 saturated carbocycles. The van der Waals surface area contributed by atoms with E-state index in [0.29, 0.717) is 0 Å². The number of nitrogen functional groups attached to an aromatic ring is 1. The normalized spacial score (nSPS) is 17.3. The lowest BCUT2D eigenvalue weighted by Crippen LogP contribution is -2.26. The minimum atomic E-state index is 0.764. The van der Waals surface area contributed by atoms with Crippen molar-refractivity contribution in [3.8, 4) is 0 Å². The van der Waals surface area contributed by atoms with Gasteiger partial charge in [-0.2, -0.15) is 5.10 Å². The molecule has 0 spiro atoms. The summed E-state index contributed by atoms with van der Waals surface area (Å²) in [6.45, 7) is 3.48. The molecule has 1 aromatic carbocycles. The SMILES string of the molecule is Nc1cc2cn[nH]c2cc1N1CCCOCC1. The summed E-state index contributed by atoms with van der Waals surface area (Å²) in [4.78, 5) is 2.28. The second-order valence-electron chi connectivity index (χ2n) is 4.32. The van der Waals surface area contributed by atoms with Crippen molar-refractivity contribution < 1.29 is 4.74 Å². The van der Waals surface area contributed by atoms with Crippen LogP contribution in [0.25, 0.3) is 10.9 Å². The van der Waals surface area contributed by atoms with Crippen molar-refractivity contribution >= 4 is 22.3 Å². The van der Waals surface area contributed by atoms with Gasteiger partial charge in [-0.25, -0.2) is 0 Å². The lowest BCUT2D eigenvalue weighted by molar-refractivity contribution is 0.152. The Morgan fingerprint density at radius 3 is 3.18 bits per heavy atom. The second kappa shape index (κ2) is 4.25. The molecule has 5 nitrogen and oxygen atoms in total. The molecule has 17 heavy (non-hydrogen) atoms. The maximum Gasteiger partial charge on any atom is 0.0672 e. The van der Waals surface area contributed by atoms with Crippen LogP contribution in [0.3, 0.4) is 0 Å². The molecule has 1 aromatic heterocycles. The summed E-state index contributed by atoms with van der Waals surface area (Å²) in [6, 6.07) is 4.04. The van der Waals surface area contributed by atoms with Crippen LogP contribution >= 0.6 is 0 Å². The zero-order chi connectivity index (χ0) is 11.7. The van der Waals surface area contributed by atoms with E-state index < -0.39 is 0 Å². The van der Waals surface area contributed by atoms with E-state index in [1.165, 1.54) is 0 Å². The van der Waals surface area contributed by atoms with Crippen molar-refractivity contribution in [2.45, 2.75) is 6.42 Å². The molecule has 3 N–H and O–H groups in total. The zero-order valence-electron chi connectivity index (χ0n) is 9.65. The van der Waals surface area contributed by atoms with Crippen molar-refractivity contribution in [1.82, 2.24) is 10.2 Å². The van der Waals surface area contributed by atoms with E-state index in [1.807, 2.05) is 6.07 Å². The van der Waals surface area contributed by atoms with Crippen LogP contribution in [0.5, 0.6) is 0 Å². The van der Waals surface area contributed by atoms with Gasteiger partial charge in [-0.3, -0.25) is 5.10 Å². The van der Waals surface area contributed by atoms with Gasteiger partial charge in [0.2, 0.25) is 0 Å². The summed E-state index contributed by atoms with van der Waals surface area (Å²) >= 11 is 0. The van der Waals surface area contributed by atoms with E-state index in [2.05, 4.69) is 21.2 Å². The Hall–Kier alpha value is -1.75. The number of nitrogens with one attached hydrogen (secondary N) is 1. The molecule has 0 atom stereocenters. The molecule has 3 rings (SSSR count). The number of rotatable bonds is 1. The van der Waals surface area contributed by atoms with Crippen molar-refractivity contribution in [2.24, 2.45) is 0 Å². The van der Waals surface area contributed by atoms with Gasteiger partial charge in [0.05, 0.1) is 29.7 Å². The van der Waals surface area contributed by atoms with Crippen molar-refractivity contribution in [3.63, 3.8) is 0 Å². The van der Waals surface area contributed by atoms with Gasteiger partial charge in [-0.1, -0.05) is 0 Å². The third-order valence-electron chi connectivity index (χ3n) is 3.15. The summed E-state index contributed by atoms with van der Waals surface area (Å²) in [5, 5.41) is 8.05. The number of ether oxygens (including phenoxy) is 1. The largest absolute Gasteiger partial charge is 0.397 e. The number of nitrogens with two attached hydrogens (primary N) is 1. The highest BCUT2D eigenvalue weighted by Gasteiger charge is 2.13. The molecule has 2 heterocycles. The number of hydrogen-bond acceptors (Lipinski definition) is 4. The number of H-pyrrole nitrogens is 1. The molecular weight excluding hydrogens is 216 g/mol. The molecule has 2 aromatic rings. The summed E-state index contributed by atoms with van der Waals surface area (Å²) in [7, 11) is 0. The number of anilines is 2. The predicted molar refractivity (Wildman–Crippen MR) is 68.2 cm³/mol. The van der Waals surface area contributed by atoms with E-state index >= 15 is 0 Å². The van der Waals surface area contributed by atoms with E-state index in [9.17, 15) is 0 Å². The van der Waals surface area contributed by atoms with Gasteiger partial charge >= 0.3 is 0 Å². The van der Waals surface area contributed by atoms with Crippen molar-refractivity contribution in [1.29, 1.82) is 0 Å². The molecule has 1 fully saturated rings. The number of fused-ring (bicyclic) bond motifs is 1.